The van der Waals surface area contributed by atoms with Crippen LogP contribution >= 0.6 is 0 Å². The van der Waals surface area contributed by atoms with Gasteiger partial charge in [0.05, 0.1) is 6.26 Å². The van der Waals surface area contributed by atoms with Crippen LogP contribution in [-0.2, 0) is 10.0 Å². The Balaban J connectivity index is 2.43. The highest BCUT2D eigenvalue weighted by atomic mass is 32.2. The molecule has 0 aromatic rings. The zero-order valence-corrected chi connectivity index (χ0v) is 8.32. The van der Waals surface area contributed by atoms with E-state index in [4.69, 9.17) is 0 Å². The van der Waals surface area contributed by atoms with Gasteiger partial charge in [-0.25, -0.2) is 13.1 Å². The Bertz CT molecular complexity index is 238. The van der Waals surface area contributed by atoms with Crippen LogP contribution in [0, 0.1) is 5.92 Å². The minimum atomic E-state index is -3.04. The Morgan fingerprint density at radius 3 is 2.58 bits per heavy atom. The zero-order chi connectivity index (χ0) is 9.19. The summed E-state index contributed by atoms with van der Waals surface area (Å²) >= 11 is 0. The van der Waals surface area contributed by atoms with Gasteiger partial charge in [-0.2, -0.15) is 0 Å². The summed E-state index contributed by atoms with van der Waals surface area (Å²) in [6.07, 6.45) is 2.13. The fourth-order valence-electron chi connectivity index (χ4n) is 1.55. The van der Waals surface area contributed by atoms with Crippen LogP contribution in [0.3, 0.4) is 0 Å². The molecule has 1 aliphatic heterocycles. The van der Waals surface area contributed by atoms with E-state index in [1.807, 2.05) is 0 Å². The SMILES string of the molecule is CC1CNCC(NS(C)(=O)=O)C1. The van der Waals surface area contributed by atoms with E-state index in [1.165, 1.54) is 6.26 Å². The van der Waals surface area contributed by atoms with Crippen LogP contribution in [0.2, 0.25) is 0 Å². The second-order valence-electron chi connectivity index (χ2n) is 3.59. The van der Waals surface area contributed by atoms with Crippen molar-refractivity contribution in [3.63, 3.8) is 0 Å². The van der Waals surface area contributed by atoms with Gasteiger partial charge >= 0.3 is 0 Å². The van der Waals surface area contributed by atoms with Gasteiger partial charge in [0.2, 0.25) is 10.0 Å². The average Bonchev–Trinajstić information content (AvgIpc) is 1.82. The molecular weight excluding hydrogens is 176 g/mol. The van der Waals surface area contributed by atoms with Crippen LogP contribution in [0.15, 0.2) is 0 Å². The van der Waals surface area contributed by atoms with Gasteiger partial charge in [-0.15, -0.1) is 0 Å². The normalized spacial score (nSPS) is 31.8. The first-order chi connectivity index (χ1) is 5.47. The molecule has 1 aliphatic rings. The molecule has 4 nitrogen and oxygen atoms in total. The summed E-state index contributed by atoms with van der Waals surface area (Å²) in [5, 5.41) is 3.18. The lowest BCUT2D eigenvalue weighted by molar-refractivity contribution is 0.347. The van der Waals surface area contributed by atoms with Gasteiger partial charge in [-0.1, -0.05) is 6.92 Å². The van der Waals surface area contributed by atoms with Crippen LogP contribution < -0.4 is 10.0 Å². The van der Waals surface area contributed by atoms with Crippen molar-refractivity contribution in [1.82, 2.24) is 10.0 Å². The Kier molecular flexibility index (Phi) is 3.09. The van der Waals surface area contributed by atoms with Crippen molar-refractivity contribution in [2.75, 3.05) is 19.3 Å². The highest BCUT2D eigenvalue weighted by Gasteiger charge is 2.20. The first-order valence-electron chi connectivity index (χ1n) is 4.15. The molecule has 0 aromatic carbocycles. The van der Waals surface area contributed by atoms with Gasteiger partial charge in [-0.3, -0.25) is 0 Å². The molecule has 1 fully saturated rings. The van der Waals surface area contributed by atoms with Gasteiger partial charge in [0.25, 0.3) is 0 Å². The van der Waals surface area contributed by atoms with Crippen LogP contribution in [-0.4, -0.2) is 33.8 Å². The average molecular weight is 192 g/mol. The third-order valence-electron chi connectivity index (χ3n) is 1.95. The van der Waals surface area contributed by atoms with E-state index in [-0.39, 0.29) is 6.04 Å². The van der Waals surface area contributed by atoms with Gasteiger partial charge < -0.3 is 5.32 Å². The molecule has 2 atom stereocenters. The fraction of sp³-hybridized carbons (Fsp3) is 1.00. The third-order valence-corrected chi connectivity index (χ3v) is 2.71. The minimum Gasteiger partial charge on any atom is -0.315 e. The van der Waals surface area contributed by atoms with Crippen LogP contribution in [0.4, 0.5) is 0 Å². The molecule has 1 rings (SSSR count). The maximum Gasteiger partial charge on any atom is 0.208 e. The minimum absolute atomic E-state index is 0.0729. The highest BCUT2D eigenvalue weighted by molar-refractivity contribution is 7.88. The summed E-state index contributed by atoms with van der Waals surface area (Å²) in [5.74, 6) is 0.554. The lowest BCUT2D eigenvalue weighted by Gasteiger charge is -2.27. The van der Waals surface area contributed by atoms with Gasteiger partial charge in [-0.05, 0) is 18.9 Å². The molecule has 0 aliphatic carbocycles. The molecule has 1 saturated heterocycles. The van der Waals surface area contributed by atoms with Crippen molar-refractivity contribution in [1.29, 1.82) is 0 Å². The Labute approximate surface area is 73.8 Å². The summed E-state index contributed by atoms with van der Waals surface area (Å²) in [4.78, 5) is 0. The molecule has 5 heteroatoms. The van der Waals surface area contributed by atoms with Gasteiger partial charge in [0, 0.05) is 12.6 Å². The molecule has 0 saturated carbocycles. The number of rotatable bonds is 2. The summed E-state index contributed by atoms with van der Waals surface area (Å²) in [6.45, 7) is 3.85. The van der Waals surface area contributed by atoms with E-state index in [0.717, 1.165) is 19.5 Å². The molecule has 0 spiro atoms. The number of nitrogens with one attached hydrogen (secondary N) is 2. The molecule has 72 valence electrons. The van der Waals surface area contributed by atoms with E-state index in [9.17, 15) is 8.42 Å². The number of sulfonamides is 1. The lowest BCUT2D eigenvalue weighted by atomic mass is 9.99. The number of hydrogen-bond acceptors (Lipinski definition) is 3. The maximum absolute atomic E-state index is 10.9. The van der Waals surface area contributed by atoms with E-state index in [0.29, 0.717) is 5.92 Å². The Morgan fingerprint density at radius 2 is 2.08 bits per heavy atom. The maximum atomic E-state index is 10.9. The predicted octanol–water partition coefficient (Wildman–Crippen LogP) is -0.466. The molecule has 12 heavy (non-hydrogen) atoms. The first kappa shape index (κ1) is 9.95. The number of piperidine rings is 1. The molecule has 0 aromatic heterocycles. The van der Waals surface area contributed by atoms with E-state index >= 15 is 0 Å². The van der Waals surface area contributed by atoms with Gasteiger partial charge in [0.15, 0.2) is 0 Å². The second-order valence-corrected chi connectivity index (χ2v) is 5.37. The fourth-order valence-corrected chi connectivity index (χ4v) is 2.33. The van der Waals surface area contributed by atoms with Crippen LogP contribution in [0.5, 0.6) is 0 Å². The van der Waals surface area contributed by atoms with Crippen molar-refractivity contribution >= 4 is 10.0 Å². The van der Waals surface area contributed by atoms with Crippen LogP contribution in [0.1, 0.15) is 13.3 Å². The van der Waals surface area contributed by atoms with Crippen molar-refractivity contribution in [2.45, 2.75) is 19.4 Å². The zero-order valence-electron chi connectivity index (χ0n) is 7.50. The van der Waals surface area contributed by atoms with Gasteiger partial charge in [0.1, 0.15) is 0 Å². The topological polar surface area (TPSA) is 58.2 Å². The summed E-state index contributed by atoms with van der Waals surface area (Å²) in [7, 11) is -3.04. The molecule has 0 amide bonds. The quantitative estimate of drug-likeness (QED) is 0.622. The second kappa shape index (κ2) is 3.72. The largest absolute Gasteiger partial charge is 0.315 e. The van der Waals surface area contributed by atoms with E-state index in [1.54, 1.807) is 0 Å². The third kappa shape index (κ3) is 3.51. The van der Waals surface area contributed by atoms with Crippen molar-refractivity contribution in [3.8, 4) is 0 Å². The number of hydrogen-bond donors (Lipinski definition) is 2. The summed E-state index contributed by atoms with van der Waals surface area (Å²) in [6, 6.07) is 0.0729. The first-order valence-corrected chi connectivity index (χ1v) is 6.04. The highest BCUT2D eigenvalue weighted by Crippen LogP contribution is 2.09. The van der Waals surface area contributed by atoms with Crippen molar-refractivity contribution in [3.05, 3.63) is 0 Å². The summed E-state index contributed by atoms with van der Waals surface area (Å²) < 4.78 is 24.3. The molecule has 0 bridgehead atoms. The van der Waals surface area contributed by atoms with Crippen molar-refractivity contribution in [2.24, 2.45) is 5.92 Å². The lowest BCUT2D eigenvalue weighted by Crippen LogP contribution is -2.47. The van der Waals surface area contributed by atoms with Crippen molar-refractivity contribution < 1.29 is 8.42 Å². The molecule has 2 unspecified atom stereocenters. The molecule has 2 N–H and O–H groups in total. The molecule has 1 heterocycles. The predicted molar refractivity (Wildman–Crippen MR) is 48.4 cm³/mol. The smallest absolute Gasteiger partial charge is 0.208 e. The monoisotopic (exact) mass is 192 g/mol. The van der Waals surface area contributed by atoms with E-state index < -0.39 is 10.0 Å². The summed E-state index contributed by atoms with van der Waals surface area (Å²) in [5.41, 5.74) is 0. The molecular formula is C7H16N2O2S. The Morgan fingerprint density at radius 1 is 1.42 bits per heavy atom. The van der Waals surface area contributed by atoms with Crippen LogP contribution in [0.25, 0.3) is 0 Å². The Hall–Kier alpha value is -0.130. The molecule has 0 radical (unpaired) electrons. The van der Waals surface area contributed by atoms with E-state index in [2.05, 4.69) is 17.0 Å². The standard InChI is InChI=1S/C7H16N2O2S/c1-6-3-7(5-8-4-6)9-12(2,10)11/h6-9H,3-5H2,1-2H3.